The lowest BCUT2D eigenvalue weighted by Gasteiger charge is -2.20. The molecule has 0 spiro atoms. The number of rotatable bonds is 3. The van der Waals surface area contributed by atoms with Gasteiger partial charge in [-0.2, -0.15) is 0 Å². The summed E-state index contributed by atoms with van der Waals surface area (Å²) in [5.41, 5.74) is 6.42. The Balaban J connectivity index is 2.42. The highest BCUT2D eigenvalue weighted by Gasteiger charge is 2.22. The molecule has 0 atom stereocenters. The van der Waals surface area contributed by atoms with Crippen LogP contribution in [0.1, 0.15) is 19.7 Å². The summed E-state index contributed by atoms with van der Waals surface area (Å²) >= 11 is 7.43. The first-order valence-corrected chi connectivity index (χ1v) is 6.52. The van der Waals surface area contributed by atoms with Crippen molar-refractivity contribution in [1.29, 1.82) is 0 Å². The predicted octanol–water partition coefficient (Wildman–Crippen LogP) is 3.09. The molecule has 17 heavy (non-hydrogen) atoms. The average Bonchev–Trinajstić information content (AvgIpc) is 2.76. The lowest BCUT2D eigenvalue weighted by Crippen LogP contribution is -2.30. The van der Waals surface area contributed by atoms with E-state index >= 15 is 0 Å². The topological polar surface area (TPSA) is 51.8 Å². The third-order valence-corrected chi connectivity index (χ3v) is 3.85. The van der Waals surface area contributed by atoms with Crippen LogP contribution in [0.2, 0.25) is 4.34 Å². The molecule has 3 nitrogen and oxygen atoms in total. The summed E-state index contributed by atoms with van der Waals surface area (Å²) in [6.07, 6.45) is 1.77. The average molecular weight is 268 g/mol. The van der Waals surface area contributed by atoms with Gasteiger partial charge in [0.05, 0.1) is 14.9 Å². The second kappa shape index (κ2) is 4.72. The molecule has 90 valence electrons. The van der Waals surface area contributed by atoms with Crippen LogP contribution < -0.4 is 5.73 Å². The monoisotopic (exact) mass is 267 g/mol. The standard InChI is InChI=1S/C12H14ClN3S/c1-12(2,7-14)11-15-6-5-8(16-11)9-3-4-10(13)17-9/h3-6H,7,14H2,1-2H3. The second-order valence-corrected chi connectivity index (χ2v) is 6.17. The molecule has 0 saturated heterocycles. The molecule has 2 aromatic rings. The smallest absolute Gasteiger partial charge is 0.135 e. The van der Waals surface area contributed by atoms with E-state index in [0.29, 0.717) is 6.54 Å². The van der Waals surface area contributed by atoms with E-state index in [9.17, 15) is 0 Å². The Bertz CT molecular complexity index is 522. The zero-order valence-corrected chi connectivity index (χ0v) is 11.3. The first kappa shape index (κ1) is 12.5. The molecular formula is C12H14ClN3S. The molecule has 2 rings (SSSR count). The van der Waals surface area contributed by atoms with Crippen LogP contribution in [0.4, 0.5) is 0 Å². The maximum atomic E-state index is 5.92. The van der Waals surface area contributed by atoms with E-state index in [1.165, 1.54) is 11.3 Å². The van der Waals surface area contributed by atoms with Crippen molar-refractivity contribution in [3.8, 4) is 10.6 Å². The predicted molar refractivity (Wildman–Crippen MR) is 72.4 cm³/mol. The lowest BCUT2D eigenvalue weighted by molar-refractivity contribution is 0.503. The molecule has 0 saturated carbocycles. The van der Waals surface area contributed by atoms with Crippen molar-refractivity contribution in [2.75, 3.05) is 6.54 Å². The van der Waals surface area contributed by atoms with E-state index in [2.05, 4.69) is 9.97 Å². The van der Waals surface area contributed by atoms with Crippen molar-refractivity contribution in [3.05, 3.63) is 34.6 Å². The van der Waals surface area contributed by atoms with Gasteiger partial charge in [-0.3, -0.25) is 0 Å². The van der Waals surface area contributed by atoms with Crippen molar-refractivity contribution in [3.63, 3.8) is 0 Å². The summed E-state index contributed by atoms with van der Waals surface area (Å²) < 4.78 is 0.762. The Kier molecular flexibility index (Phi) is 3.47. The van der Waals surface area contributed by atoms with Crippen LogP contribution in [0, 0.1) is 0 Å². The number of hydrogen-bond acceptors (Lipinski definition) is 4. The fourth-order valence-corrected chi connectivity index (χ4v) is 2.38. The molecule has 2 aromatic heterocycles. The van der Waals surface area contributed by atoms with Crippen LogP contribution in [0.15, 0.2) is 24.4 Å². The number of halogens is 1. The normalized spacial score (nSPS) is 11.8. The molecule has 0 aliphatic heterocycles. The first-order valence-electron chi connectivity index (χ1n) is 5.32. The van der Waals surface area contributed by atoms with Gasteiger partial charge in [0.25, 0.3) is 0 Å². The van der Waals surface area contributed by atoms with E-state index in [-0.39, 0.29) is 5.41 Å². The van der Waals surface area contributed by atoms with Crippen molar-refractivity contribution in [2.45, 2.75) is 19.3 Å². The molecular weight excluding hydrogens is 254 g/mol. The Morgan fingerprint density at radius 3 is 2.71 bits per heavy atom. The molecule has 0 aliphatic rings. The summed E-state index contributed by atoms with van der Waals surface area (Å²) in [5.74, 6) is 0.766. The van der Waals surface area contributed by atoms with Crippen molar-refractivity contribution >= 4 is 22.9 Å². The molecule has 0 aliphatic carbocycles. The quantitative estimate of drug-likeness (QED) is 0.930. The highest BCUT2D eigenvalue weighted by Crippen LogP contribution is 2.30. The summed E-state index contributed by atoms with van der Waals surface area (Å²) in [5, 5.41) is 0. The zero-order valence-electron chi connectivity index (χ0n) is 9.77. The minimum absolute atomic E-state index is 0.211. The highest BCUT2D eigenvalue weighted by molar-refractivity contribution is 7.19. The van der Waals surface area contributed by atoms with Crippen molar-refractivity contribution < 1.29 is 0 Å². The van der Waals surface area contributed by atoms with Gasteiger partial charge < -0.3 is 5.73 Å². The van der Waals surface area contributed by atoms with Crippen LogP contribution in [0.3, 0.4) is 0 Å². The fourth-order valence-electron chi connectivity index (χ4n) is 1.37. The van der Waals surface area contributed by atoms with Gasteiger partial charge in [0, 0.05) is 18.2 Å². The van der Waals surface area contributed by atoms with Crippen molar-refractivity contribution in [1.82, 2.24) is 9.97 Å². The summed E-state index contributed by atoms with van der Waals surface area (Å²) in [6.45, 7) is 4.59. The Hall–Kier alpha value is -0.970. The summed E-state index contributed by atoms with van der Waals surface area (Å²) in [7, 11) is 0. The SMILES string of the molecule is CC(C)(CN)c1nccc(-c2ccc(Cl)s2)n1. The molecule has 0 radical (unpaired) electrons. The molecule has 0 fully saturated rings. The van der Waals surface area contributed by atoms with Gasteiger partial charge in [0.2, 0.25) is 0 Å². The Morgan fingerprint density at radius 2 is 2.12 bits per heavy atom. The van der Waals surface area contributed by atoms with Crippen LogP contribution in [-0.2, 0) is 5.41 Å². The lowest BCUT2D eigenvalue weighted by atomic mass is 9.92. The van der Waals surface area contributed by atoms with E-state index in [4.69, 9.17) is 17.3 Å². The number of nitrogens with zero attached hydrogens (tertiary/aromatic N) is 2. The van der Waals surface area contributed by atoms with Gasteiger partial charge in [-0.15, -0.1) is 11.3 Å². The van der Waals surface area contributed by atoms with Gasteiger partial charge in [0.1, 0.15) is 5.82 Å². The van der Waals surface area contributed by atoms with Gasteiger partial charge in [-0.25, -0.2) is 9.97 Å². The zero-order chi connectivity index (χ0) is 12.5. The number of aromatic nitrogens is 2. The minimum Gasteiger partial charge on any atom is -0.329 e. The maximum absolute atomic E-state index is 5.92. The minimum atomic E-state index is -0.211. The first-order chi connectivity index (χ1) is 8.03. The van der Waals surface area contributed by atoms with Crippen molar-refractivity contribution in [2.24, 2.45) is 5.73 Å². The summed E-state index contributed by atoms with van der Waals surface area (Å²) in [6, 6.07) is 5.73. The van der Waals surface area contributed by atoms with Crippen LogP contribution in [0.5, 0.6) is 0 Å². The molecule has 0 amide bonds. The third kappa shape index (κ3) is 2.65. The van der Waals surface area contributed by atoms with E-state index in [0.717, 1.165) is 20.7 Å². The second-order valence-electron chi connectivity index (χ2n) is 4.46. The van der Waals surface area contributed by atoms with Gasteiger partial charge in [-0.1, -0.05) is 25.4 Å². The van der Waals surface area contributed by atoms with Crippen LogP contribution in [-0.4, -0.2) is 16.5 Å². The van der Waals surface area contributed by atoms with Crippen LogP contribution in [0.25, 0.3) is 10.6 Å². The van der Waals surface area contributed by atoms with Crippen LogP contribution >= 0.6 is 22.9 Å². The van der Waals surface area contributed by atoms with E-state index < -0.39 is 0 Å². The molecule has 0 aromatic carbocycles. The maximum Gasteiger partial charge on any atom is 0.135 e. The Labute approximate surface area is 110 Å². The molecule has 2 heterocycles. The van der Waals surface area contributed by atoms with E-state index in [1.807, 2.05) is 32.0 Å². The fraction of sp³-hybridized carbons (Fsp3) is 0.333. The Morgan fingerprint density at radius 1 is 1.35 bits per heavy atom. The van der Waals surface area contributed by atoms with Gasteiger partial charge in [0.15, 0.2) is 0 Å². The number of hydrogen-bond donors (Lipinski definition) is 1. The third-order valence-electron chi connectivity index (χ3n) is 2.60. The highest BCUT2D eigenvalue weighted by atomic mass is 35.5. The van der Waals surface area contributed by atoms with Gasteiger partial charge in [-0.05, 0) is 18.2 Å². The number of thiophene rings is 1. The van der Waals surface area contributed by atoms with Gasteiger partial charge >= 0.3 is 0 Å². The molecule has 0 bridgehead atoms. The molecule has 0 unspecified atom stereocenters. The molecule has 5 heteroatoms. The molecule has 2 N–H and O–H groups in total. The largest absolute Gasteiger partial charge is 0.329 e. The number of nitrogens with two attached hydrogens (primary N) is 1. The summed E-state index contributed by atoms with van der Waals surface area (Å²) in [4.78, 5) is 9.90. The van der Waals surface area contributed by atoms with E-state index in [1.54, 1.807) is 6.20 Å².